The number of aromatic hydroxyl groups is 2. The number of rotatable bonds is 17. The quantitative estimate of drug-likeness (QED) is 0.0479. The molecule has 19 nitrogen and oxygen atoms in total. The summed E-state index contributed by atoms with van der Waals surface area (Å²) in [5, 5.41) is 45.5. The van der Waals surface area contributed by atoms with E-state index in [4.69, 9.17) is 28.8 Å². The van der Waals surface area contributed by atoms with Crippen molar-refractivity contribution in [1.29, 1.82) is 0 Å². The van der Waals surface area contributed by atoms with Crippen molar-refractivity contribution in [1.82, 2.24) is 15.1 Å². The zero-order chi connectivity index (χ0) is 52.7. The van der Waals surface area contributed by atoms with E-state index in [1.165, 1.54) is 36.6 Å². The lowest BCUT2D eigenvalue weighted by molar-refractivity contribution is -0.233. The van der Waals surface area contributed by atoms with E-state index in [1.54, 1.807) is 0 Å². The molecule has 4 aliphatic heterocycles. The number of phenolic OH excluding ortho intramolecular Hbond substituents is 2. The number of thioether (sulfide) groups is 1. The zero-order valence-corrected chi connectivity index (χ0v) is 43.6. The molecule has 21 heteroatoms. The van der Waals surface area contributed by atoms with E-state index < -0.39 is 104 Å². The number of amides is 4. The number of Topliss-reactive ketones (excluding diaryl/α,β-unsaturated/α-hetero) is 1. The van der Waals surface area contributed by atoms with Gasteiger partial charge in [-0.3, -0.25) is 48.7 Å². The second-order valence-corrected chi connectivity index (χ2v) is 21.2. The second-order valence-electron chi connectivity index (χ2n) is 19.0. The minimum atomic E-state index is -2.27. The minimum absolute atomic E-state index is 0.0673. The summed E-state index contributed by atoms with van der Waals surface area (Å²) in [5.74, 6) is -5.85. The van der Waals surface area contributed by atoms with Crippen LogP contribution in [0.1, 0.15) is 141 Å². The summed E-state index contributed by atoms with van der Waals surface area (Å²) in [6.45, 7) is 10.1. The maximum atomic E-state index is 14.2. The summed E-state index contributed by atoms with van der Waals surface area (Å²) < 4.78 is 28.8. The standard InChI is InChI=1S/C47H57N3O15S2.C3H8.CH4O/c1-4-46(2,66)27-17-33(52)49(44(27)58)14-6-5-7-15-50-34(53)18-30(45(50)59)67-23-31(51)47(60)19-26-37(29(20-47)65-35-12-11-24(21-63-35)64-32-22-62-16-13-48-32)43(57)39-38(41(26)55)40(54)25-9-8-10-28(61-3)36(25)42(39)56;1-3-2;1-2/h8-10,24,27,29-30,32,35,48,55,57,60,66H,4-7,11-23H2,1-3H3;3H2,1-2H3;2H,1H3/t24-,27?,29-,30?,32+,35-,46?,47-;;/m0../s1. The number of carbonyl (C=O) groups excluding carboxylic acids is 7. The highest BCUT2D eigenvalue weighted by molar-refractivity contribution is 8.01. The SMILES string of the molecule is CCC.CCC(C)(S)C1CC(=O)N(CCCCCN2C(=O)CC(SCC(=O)[C@]3(O)Cc4c(O)c5c(c(O)c4[C@@H](O[C@H]4CC[C@H](O[C@@H]6COCCN6)CO4)C3)C(=O)c3c(OC)cccc3C5=O)C2=O)C1=O.CO. The number of carbonyl (C=O) groups is 7. The fourth-order valence-corrected chi connectivity index (χ4v) is 11.3. The molecular formula is C51H69N3O16S2. The topological polar surface area (TPSA) is 265 Å². The van der Waals surface area contributed by atoms with Crippen molar-refractivity contribution < 1.29 is 77.7 Å². The zero-order valence-electron chi connectivity index (χ0n) is 41.9. The minimum Gasteiger partial charge on any atom is -0.507 e. The molecule has 3 unspecified atom stereocenters. The van der Waals surface area contributed by atoms with Crippen LogP contribution in [0.2, 0.25) is 0 Å². The maximum Gasteiger partial charge on any atom is 0.242 e. The molecule has 4 amide bonds. The number of hydrogen-bond donors (Lipinski definition) is 6. The molecule has 2 aliphatic carbocycles. The summed E-state index contributed by atoms with van der Waals surface area (Å²) in [4.78, 5) is 96.9. The molecule has 5 N–H and O–H groups in total. The van der Waals surface area contributed by atoms with Crippen LogP contribution >= 0.6 is 24.4 Å². The number of morpholine rings is 1. The Balaban J connectivity index is 0.00000163. The van der Waals surface area contributed by atoms with Gasteiger partial charge in [-0.2, -0.15) is 12.6 Å². The van der Waals surface area contributed by atoms with Gasteiger partial charge in [-0.1, -0.05) is 39.3 Å². The third kappa shape index (κ3) is 11.9. The Labute approximate surface area is 429 Å². The van der Waals surface area contributed by atoms with Crippen LogP contribution < -0.4 is 10.1 Å². The molecule has 8 rings (SSSR count). The average molecular weight is 1040 g/mol. The number of aliphatic hydroxyl groups is 2. The lowest BCUT2D eigenvalue weighted by Crippen LogP contribution is -2.48. The van der Waals surface area contributed by atoms with Crippen molar-refractivity contribution in [3.05, 3.63) is 51.6 Å². The molecule has 8 atom stereocenters. The van der Waals surface area contributed by atoms with Gasteiger partial charge in [0, 0.05) is 80.3 Å². The van der Waals surface area contributed by atoms with Crippen LogP contribution in [0.3, 0.4) is 0 Å². The van der Waals surface area contributed by atoms with Gasteiger partial charge in [-0.05, 0) is 45.1 Å². The third-order valence-corrected chi connectivity index (χ3v) is 15.8. The summed E-state index contributed by atoms with van der Waals surface area (Å²) in [5.41, 5.74) is -3.64. The summed E-state index contributed by atoms with van der Waals surface area (Å²) in [6, 6.07) is 4.40. The van der Waals surface area contributed by atoms with E-state index in [0.717, 1.165) is 23.8 Å². The van der Waals surface area contributed by atoms with Crippen LogP contribution in [0, 0.1) is 5.92 Å². The first-order valence-electron chi connectivity index (χ1n) is 24.7. The third-order valence-electron chi connectivity index (χ3n) is 13.9. The average Bonchev–Trinajstić information content (AvgIpc) is 3.82. The Kier molecular flexibility index (Phi) is 19.5. The predicted molar refractivity (Wildman–Crippen MR) is 266 cm³/mol. The number of phenols is 2. The highest BCUT2D eigenvalue weighted by Gasteiger charge is 2.51. The monoisotopic (exact) mass is 1040 g/mol. The number of methoxy groups -OCH3 is 1. The number of nitrogens with zero attached hydrogens (tertiary/aromatic N) is 2. The van der Waals surface area contributed by atoms with E-state index in [0.29, 0.717) is 58.3 Å². The molecule has 0 saturated carbocycles. The van der Waals surface area contributed by atoms with E-state index in [2.05, 4.69) is 31.8 Å². The van der Waals surface area contributed by atoms with E-state index >= 15 is 0 Å². The van der Waals surface area contributed by atoms with Gasteiger partial charge in [0.1, 0.15) is 29.1 Å². The molecule has 0 spiro atoms. The number of benzene rings is 2. The van der Waals surface area contributed by atoms with Crippen LogP contribution in [-0.4, -0.2) is 165 Å². The lowest BCUT2D eigenvalue weighted by atomic mass is 9.72. The molecule has 4 heterocycles. The Hall–Kier alpha value is -4.45. The van der Waals surface area contributed by atoms with Gasteiger partial charge in [0.05, 0.1) is 72.7 Å². The van der Waals surface area contributed by atoms with Crippen molar-refractivity contribution in [2.24, 2.45) is 5.92 Å². The number of likely N-dealkylation sites (tertiary alicyclic amines) is 2. The fraction of sp³-hybridized carbons (Fsp3) is 0.627. The molecule has 0 radical (unpaired) electrons. The molecule has 4 saturated heterocycles. The molecule has 396 valence electrons. The number of thiol groups is 1. The van der Waals surface area contributed by atoms with Crippen molar-refractivity contribution in [3.63, 3.8) is 0 Å². The molecule has 6 aliphatic rings. The van der Waals surface area contributed by atoms with Crippen molar-refractivity contribution >= 4 is 65.4 Å². The Morgan fingerprint density at radius 1 is 0.903 bits per heavy atom. The number of nitrogens with one attached hydrogen (secondary N) is 1. The molecule has 0 aromatic heterocycles. The molecule has 0 bridgehead atoms. The maximum absolute atomic E-state index is 14.2. The Bertz CT molecular complexity index is 2370. The van der Waals surface area contributed by atoms with Crippen LogP contribution in [0.4, 0.5) is 0 Å². The molecule has 2 aromatic rings. The Morgan fingerprint density at radius 3 is 2.19 bits per heavy atom. The Morgan fingerprint density at radius 2 is 1.57 bits per heavy atom. The van der Waals surface area contributed by atoms with Gasteiger partial charge in [0.15, 0.2) is 17.9 Å². The first kappa shape index (κ1) is 56.8. The number of ether oxygens (including phenoxy) is 5. The van der Waals surface area contributed by atoms with Crippen LogP contribution in [0.25, 0.3) is 0 Å². The van der Waals surface area contributed by atoms with Gasteiger partial charge in [0.2, 0.25) is 29.4 Å². The van der Waals surface area contributed by atoms with Crippen molar-refractivity contribution in [3.8, 4) is 17.2 Å². The van der Waals surface area contributed by atoms with Crippen molar-refractivity contribution in [2.75, 3.05) is 59.4 Å². The highest BCUT2D eigenvalue weighted by atomic mass is 32.2. The molecular weight excluding hydrogens is 975 g/mol. The van der Waals surface area contributed by atoms with Gasteiger partial charge >= 0.3 is 0 Å². The first-order valence-corrected chi connectivity index (χ1v) is 26.2. The van der Waals surface area contributed by atoms with E-state index in [1.807, 2.05) is 13.8 Å². The largest absolute Gasteiger partial charge is 0.507 e. The first-order chi connectivity index (χ1) is 34.4. The number of unbranched alkanes of at least 4 members (excludes halogenated alkanes) is 2. The van der Waals surface area contributed by atoms with Gasteiger partial charge in [-0.15, -0.1) is 11.8 Å². The predicted octanol–water partition coefficient (Wildman–Crippen LogP) is 4.18. The van der Waals surface area contributed by atoms with Crippen LogP contribution in [0.15, 0.2) is 18.2 Å². The molecule has 4 fully saturated rings. The molecule has 2 aromatic carbocycles. The summed E-state index contributed by atoms with van der Waals surface area (Å²) >= 11 is 5.51. The highest BCUT2D eigenvalue weighted by Crippen LogP contribution is 2.53. The molecule has 72 heavy (non-hydrogen) atoms. The number of ketones is 3. The van der Waals surface area contributed by atoms with Gasteiger partial charge < -0.3 is 44.1 Å². The fourth-order valence-electron chi connectivity index (χ4n) is 9.90. The van der Waals surface area contributed by atoms with E-state index in [-0.39, 0.29) is 84.7 Å². The van der Waals surface area contributed by atoms with Crippen molar-refractivity contribution in [2.45, 2.75) is 139 Å². The van der Waals surface area contributed by atoms with Gasteiger partial charge in [0.25, 0.3) is 0 Å². The van der Waals surface area contributed by atoms with E-state index in [9.17, 15) is 48.9 Å². The smallest absolute Gasteiger partial charge is 0.242 e. The summed E-state index contributed by atoms with van der Waals surface area (Å²) in [7, 11) is 2.33. The van der Waals surface area contributed by atoms with Crippen LogP contribution in [-0.2, 0) is 49.3 Å². The normalized spacial score (nSPS) is 26.7. The summed E-state index contributed by atoms with van der Waals surface area (Å²) in [6.07, 6.45) is 0.160. The number of fused-ring (bicyclic) bond motifs is 3. The van der Waals surface area contributed by atoms with Crippen LogP contribution in [0.5, 0.6) is 17.2 Å². The lowest BCUT2D eigenvalue weighted by Gasteiger charge is -2.41. The second kappa shape index (κ2) is 24.7. The van der Waals surface area contributed by atoms with Gasteiger partial charge in [-0.25, -0.2) is 0 Å². The number of aliphatic hydroxyl groups excluding tert-OH is 1. The number of imide groups is 2. The number of hydrogen-bond acceptors (Lipinski definition) is 19.